The van der Waals surface area contributed by atoms with Crippen LogP contribution in [0.15, 0.2) is 41.3 Å². The van der Waals surface area contributed by atoms with E-state index in [-0.39, 0.29) is 43.2 Å². The molecule has 11 heteroatoms. The number of aryl methyl sites for hydroxylation is 3. The van der Waals surface area contributed by atoms with Gasteiger partial charge in [-0.2, -0.15) is 13.2 Å². The van der Waals surface area contributed by atoms with Gasteiger partial charge in [0.25, 0.3) is 5.56 Å². The molecule has 3 aromatic rings. The molecule has 6 rings (SSSR count). The van der Waals surface area contributed by atoms with E-state index in [1.807, 2.05) is 39.8 Å². The predicted molar refractivity (Wildman–Crippen MR) is 196 cm³/mol. The van der Waals surface area contributed by atoms with Gasteiger partial charge in [0.05, 0.1) is 24.6 Å². The Labute approximate surface area is 309 Å². The number of nitrogens with one attached hydrogen (secondary N) is 1. The highest BCUT2D eigenvalue weighted by molar-refractivity contribution is 5.82. The van der Waals surface area contributed by atoms with Crippen LogP contribution >= 0.6 is 0 Å². The molecular weight excluding hydrogens is 686 g/mol. The van der Waals surface area contributed by atoms with Gasteiger partial charge in [-0.1, -0.05) is 19.9 Å². The number of pyridine rings is 1. The molecule has 1 amide bonds. The van der Waals surface area contributed by atoms with Gasteiger partial charge in [-0.3, -0.25) is 14.4 Å². The molecule has 2 aliphatic carbocycles. The lowest BCUT2D eigenvalue weighted by molar-refractivity contribution is -0.144. The van der Waals surface area contributed by atoms with E-state index in [9.17, 15) is 31.9 Å². The molecule has 1 N–H and O–H groups in total. The van der Waals surface area contributed by atoms with Gasteiger partial charge in [-0.25, -0.2) is 4.39 Å². The molecule has 3 aliphatic rings. The Morgan fingerprint density at radius 1 is 1.02 bits per heavy atom. The number of halogens is 4. The van der Waals surface area contributed by atoms with Crippen LogP contribution in [0.1, 0.15) is 110 Å². The highest BCUT2D eigenvalue weighted by Crippen LogP contribution is 2.52. The molecule has 0 radical (unpaired) electrons. The summed E-state index contributed by atoms with van der Waals surface area (Å²) in [5, 5.41) is 3.03. The molecule has 2 atom stereocenters. The van der Waals surface area contributed by atoms with E-state index in [1.54, 1.807) is 6.92 Å². The summed E-state index contributed by atoms with van der Waals surface area (Å²) in [6.45, 7) is 11.5. The average Bonchev–Trinajstić information content (AvgIpc) is 3.45. The SMILES string of the molecule is CCOC(=O)CC(NC(=O)C(CC(C)C)n1cc(CCN2CCC3(CC3)C2)c(C(F)(F)F)cc1=O)c1cc2c(c(-c3c(C)cc(F)cc3C)c1)CCC2. The summed E-state index contributed by atoms with van der Waals surface area (Å²) in [7, 11) is 0. The molecule has 1 aliphatic heterocycles. The number of carbonyl (C=O) groups excluding carboxylic acids is 2. The van der Waals surface area contributed by atoms with Crippen LogP contribution in [0.4, 0.5) is 17.6 Å². The van der Waals surface area contributed by atoms with Crippen molar-refractivity contribution in [3.63, 3.8) is 0 Å². The van der Waals surface area contributed by atoms with Gasteiger partial charge in [0.2, 0.25) is 5.91 Å². The van der Waals surface area contributed by atoms with E-state index in [2.05, 4.69) is 10.2 Å². The van der Waals surface area contributed by atoms with Crippen molar-refractivity contribution < 1.29 is 31.9 Å². The number of ether oxygens (including phenoxy) is 1. The van der Waals surface area contributed by atoms with Gasteiger partial charge >= 0.3 is 12.1 Å². The van der Waals surface area contributed by atoms with Gasteiger partial charge in [0, 0.05) is 25.4 Å². The van der Waals surface area contributed by atoms with Crippen molar-refractivity contribution in [2.45, 2.75) is 111 Å². The third kappa shape index (κ3) is 8.71. The largest absolute Gasteiger partial charge is 0.466 e. The molecule has 2 heterocycles. The Hall–Kier alpha value is -3.99. The van der Waals surface area contributed by atoms with Crippen LogP contribution in [-0.4, -0.2) is 47.6 Å². The molecule has 53 heavy (non-hydrogen) atoms. The maximum Gasteiger partial charge on any atom is 0.416 e. The Balaban J connectivity index is 1.37. The third-order valence-corrected chi connectivity index (χ3v) is 11.4. The number of amides is 1. The Kier molecular flexibility index (Phi) is 11.3. The molecule has 1 saturated carbocycles. The van der Waals surface area contributed by atoms with Crippen LogP contribution in [0.3, 0.4) is 0 Å². The molecule has 2 aromatic carbocycles. The molecule has 286 valence electrons. The van der Waals surface area contributed by atoms with Gasteiger partial charge in [0.1, 0.15) is 11.9 Å². The van der Waals surface area contributed by atoms with E-state index < -0.39 is 41.3 Å². The fourth-order valence-corrected chi connectivity index (χ4v) is 8.57. The summed E-state index contributed by atoms with van der Waals surface area (Å²) in [6, 6.07) is 5.56. The number of benzene rings is 2. The lowest BCUT2D eigenvalue weighted by atomic mass is 9.87. The van der Waals surface area contributed by atoms with Crippen molar-refractivity contribution in [1.82, 2.24) is 14.8 Å². The van der Waals surface area contributed by atoms with Crippen LogP contribution in [0, 0.1) is 31.0 Å². The zero-order valence-corrected chi connectivity index (χ0v) is 31.4. The number of carbonyl (C=O) groups is 2. The number of rotatable bonds is 13. The minimum atomic E-state index is -4.73. The van der Waals surface area contributed by atoms with Crippen LogP contribution in [-0.2, 0) is 39.8 Å². The molecular formula is C42H51F4N3O4. The van der Waals surface area contributed by atoms with E-state index in [1.165, 1.54) is 18.3 Å². The molecule has 0 bridgehead atoms. The number of fused-ring (bicyclic) bond motifs is 1. The number of hydrogen-bond donors (Lipinski definition) is 1. The van der Waals surface area contributed by atoms with Crippen LogP contribution in [0.5, 0.6) is 0 Å². The van der Waals surface area contributed by atoms with Crippen molar-refractivity contribution in [1.29, 1.82) is 0 Å². The highest BCUT2D eigenvalue weighted by Gasteiger charge is 2.47. The summed E-state index contributed by atoms with van der Waals surface area (Å²) in [4.78, 5) is 43.2. The van der Waals surface area contributed by atoms with Gasteiger partial charge in [-0.05, 0) is 153 Å². The highest BCUT2D eigenvalue weighted by atomic mass is 19.4. The van der Waals surface area contributed by atoms with Crippen molar-refractivity contribution in [3.05, 3.63) is 91.6 Å². The summed E-state index contributed by atoms with van der Waals surface area (Å²) < 4.78 is 63.8. The molecule has 1 spiro atoms. The first-order valence-electron chi connectivity index (χ1n) is 19.0. The van der Waals surface area contributed by atoms with E-state index >= 15 is 0 Å². The number of hydrogen-bond acceptors (Lipinski definition) is 5. The van der Waals surface area contributed by atoms with Crippen LogP contribution < -0.4 is 10.9 Å². The Morgan fingerprint density at radius 2 is 1.74 bits per heavy atom. The first-order chi connectivity index (χ1) is 25.1. The second-order valence-electron chi connectivity index (χ2n) is 15.9. The smallest absolute Gasteiger partial charge is 0.416 e. The number of likely N-dealkylation sites (tertiary alicyclic amines) is 1. The minimum Gasteiger partial charge on any atom is -0.466 e. The van der Waals surface area contributed by atoms with Crippen molar-refractivity contribution in [3.8, 4) is 11.1 Å². The normalized spacial score (nSPS) is 17.6. The maximum atomic E-state index is 14.4. The Bertz CT molecular complexity index is 1910. The fourth-order valence-electron chi connectivity index (χ4n) is 8.57. The fraction of sp³-hybridized carbons (Fsp3) is 0.548. The van der Waals surface area contributed by atoms with Crippen molar-refractivity contribution >= 4 is 11.9 Å². The summed E-state index contributed by atoms with van der Waals surface area (Å²) in [6.07, 6.45) is 2.50. The summed E-state index contributed by atoms with van der Waals surface area (Å²) in [5.41, 5.74) is 4.66. The van der Waals surface area contributed by atoms with Crippen LogP contribution in [0.25, 0.3) is 11.1 Å². The number of nitrogens with zero attached hydrogens (tertiary/aromatic N) is 2. The lowest BCUT2D eigenvalue weighted by Crippen LogP contribution is -2.41. The minimum absolute atomic E-state index is 0.0215. The lowest BCUT2D eigenvalue weighted by Gasteiger charge is -2.27. The average molecular weight is 738 g/mol. The molecule has 7 nitrogen and oxygen atoms in total. The number of aromatic nitrogens is 1. The van der Waals surface area contributed by atoms with Gasteiger partial charge in [-0.15, -0.1) is 0 Å². The standard InChI is InChI=1S/C42H51F4N3O4/c1-6-53-38(51)22-35(30-19-28-8-7-9-32(28)33(20-30)39-26(4)17-31(43)18-27(39)5)47-40(52)36(16-25(2)3)49-23-29(34(21-37(49)50)42(44,45)46)10-14-48-15-13-41(24-48)11-12-41/h17-21,23,25,35-36H,6-16,22,24H2,1-5H3,(H,47,52). The first-order valence-corrected chi connectivity index (χ1v) is 19.0. The summed E-state index contributed by atoms with van der Waals surface area (Å²) >= 11 is 0. The number of esters is 1. The topological polar surface area (TPSA) is 80.6 Å². The van der Waals surface area contributed by atoms with Crippen molar-refractivity contribution in [2.75, 3.05) is 26.2 Å². The molecule has 1 saturated heterocycles. The second-order valence-corrected chi connectivity index (χ2v) is 15.9. The first kappa shape index (κ1) is 38.7. The monoisotopic (exact) mass is 737 g/mol. The van der Waals surface area contributed by atoms with Gasteiger partial charge < -0.3 is 19.5 Å². The second kappa shape index (κ2) is 15.4. The maximum absolute atomic E-state index is 14.4. The zero-order chi connectivity index (χ0) is 38.2. The van der Waals surface area contributed by atoms with E-state index in [4.69, 9.17) is 4.74 Å². The zero-order valence-electron chi connectivity index (χ0n) is 31.4. The third-order valence-electron chi connectivity index (χ3n) is 11.4. The molecule has 1 aromatic heterocycles. The summed E-state index contributed by atoms with van der Waals surface area (Å²) in [5.74, 6) is -1.53. The van der Waals surface area contributed by atoms with Crippen LogP contribution in [0.2, 0.25) is 0 Å². The quantitative estimate of drug-likeness (QED) is 0.141. The predicted octanol–water partition coefficient (Wildman–Crippen LogP) is 8.21. The number of alkyl halides is 3. The van der Waals surface area contributed by atoms with E-state index in [0.717, 1.165) is 89.6 Å². The van der Waals surface area contributed by atoms with Gasteiger partial charge in [0.15, 0.2) is 0 Å². The molecule has 2 unspecified atom stereocenters. The molecule has 2 fully saturated rings. The van der Waals surface area contributed by atoms with Crippen molar-refractivity contribution in [2.24, 2.45) is 11.3 Å². The van der Waals surface area contributed by atoms with E-state index in [0.29, 0.717) is 23.6 Å². The Morgan fingerprint density at radius 3 is 2.36 bits per heavy atom.